The first-order valence-corrected chi connectivity index (χ1v) is 6.61. The van der Waals surface area contributed by atoms with Gasteiger partial charge in [-0.15, -0.1) is 0 Å². The molecule has 0 fully saturated rings. The molecule has 0 saturated carbocycles. The third-order valence-corrected chi connectivity index (χ3v) is 0.500. The van der Waals surface area contributed by atoms with Gasteiger partial charge in [-0.05, 0) is 0 Å². The summed E-state index contributed by atoms with van der Waals surface area (Å²) < 4.78 is 17.8. The van der Waals surface area contributed by atoms with E-state index in [1.807, 2.05) is 0 Å². The minimum atomic E-state index is -4.64. The predicted octanol–water partition coefficient (Wildman–Crippen LogP) is -0.0508. The summed E-state index contributed by atoms with van der Waals surface area (Å²) in [4.78, 5) is 43.1. The molecule has 0 aromatic carbocycles. The Morgan fingerprint density at radius 1 is 0.714 bits per heavy atom. The van der Waals surface area contributed by atoms with Crippen LogP contribution in [0.5, 0.6) is 0 Å². The first kappa shape index (κ1) is 19.7. The number of unbranched alkanes of at least 4 members (excludes halogenated alkanes) is 1. The lowest BCUT2D eigenvalue weighted by Gasteiger charge is -1.82. The second kappa shape index (κ2) is 9.76. The molecule has 0 bridgehead atoms. The molecule has 90 valence electrons. The summed E-state index contributed by atoms with van der Waals surface area (Å²) in [6.07, 6.45) is 2.64. The lowest BCUT2D eigenvalue weighted by molar-refractivity contribution is 0.272. The molecule has 0 atom stereocenters. The van der Waals surface area contributed by atoms with Crippen molar-refractivity contribution in [2.45, 2.75) is 26.7 Å². The maximum atomic E-state index is 8.88. The SMILES string of the molecule is CCCC.O=P(O)(O)O.O=P(O)(O)O. The van der Waals surface area contributed by atoms with Crippen LogP contribution in [-0.4, -0.2) is 29.4 Å². The lowest BCUT2D eigenvalue weighted by Crippen LogP contribution is -1.66. The van der Waals surface area contributed by atoms with Crippen LogP contribution >= 0.6 is 15.6 Å². The molecule has 0 heterocycles. The van der Waals surface area contributed by atoms with E-state index in [4.69, 9.17) is 38.5 Å². The van der Waals surface area contributed by atoms with Gasteiger partial charge in [-0.2, -0.15) is 0 Å². The molecule has 10 heteroatoms. The summed E-state index contributed by atoms with van der Waals surface area (Å²) in [7, 11) is -9.28. The number of rotatable bonds is 1. The van der Waals surface area contributed by atoms with E-state index in [0.717, 1.165) is 0 Å². The molecule has 6 N–H and O–H groups in total. The van der Waals surface area contributed by atoms with Crippen molar-refractivity contribution in [2.24, 2.45) is 0 Å². The van der Waals surface area contributed by atoms with E-state index >= 15 is 0 Å². The van der Waals surface area contributed by atoms with Crippen molar-refractivity contribution in [3.8, 4) is 0 Å². The molecule has 0 spiro atoms. The van der Waals surface area contributed by atoms with Crippen molar-refractivity contribution >= 4 is 15.6 Å². The molecular formula is C4H16O8P2. The highest BCUT2D eigenvalue weighted by Gasteiger charge is 2.00. The lowest BCUT2D eigenvalue weighted by atomic mass is 10.4. The highest BCUT2D eigenvalue weighted by molar-refractivity contribution is 7.45. The zero-order valence-corrected chi connectivity index (χ0v) is 9.60. The molecule has 8 nitrogen and oxygen atoms in total. The molecule has 0 aliphatic heterocycles. The topological polar surface area (TPSA) is 156 Å². The average Bonchev–Trinajstić information content (AvgIpc) is 1.79. The van der Waals surface area contributed by atoms with Crippen molar-refractivity contribution in [1.29, 1.82) is 0 Å². The van der Waals surface area contributed by atoms with Crippen LogP contribution in [0, 0.1) is 0 Å². The summed E-state index contributed by atoms with van der Waals surface area (Å²) in [5, 5.41) is 0. The third kappa shape index (κ3) is 1030. The van der Waals surface area contributed by atoms with Crippen LogP contribution in [0.1, 0.15) is 26.7 Å². The second-order valence-electron chi connectivity index (χ2n) is 2.03. The number of hydrogen-bond acceptors (Lipinski definition) is 2. The molecule has 0 saturated heterocycles. The molecule has 0 unspecified atom stereocenters. The van der Waals surface area contributed by atoms with Gasteiger partial charge in [-0.3, -0.25) is 0 Å². The van der Waals surface area contributed by atoms with Crippen molar-refractivity contribution in [1.82, 2.24) is 0 Å². The minimum Gasteiger partial charge on any atom is -0.303 e. The Kier molecular flexibility index (Phi) is 13.8. The zero-order chi connectivity index (χ0) is 12.4. The fourth-order valence-corrected chi connectivity index (χ4v) is 0. The van der Waals surface area contributed by atoms with E-state index in [2.05, 4.69) is 13.8 Å². The first-order chi connectivity index (χ1) is 5.91. The van der Waals surface area contributed by atoms with E-state index < -0.39 is 15.6 Å². The van der Waals surface area contributed by atoms with Crippen LogP contribution in [-0.2, 0) is 9.13 Å². The van der Waals surface area contributed by atoms with Gasteiger partial charge < -0.3 is 29.4 Å². The van der Waals surface area contributed by atoms with Crippen LogP contribution in [0.2, 0.25) is 0 Å². The molecule has 0 aliphatic carbocycles. The minimum absolute atomic E-state index is 1.32. The molecule has 14 heavy (non-hydrogen) atoms. The Balaban J connectivity index is -0.000000131. The van der Waals surface area contributed by atoms with E-state index in [1.165, 1.54) is 12.8 Å². The first-order valence-electron chi connectivity index (χ1n) is 3.48. The molecule has 0 aromatic heterocycles. The van der Waals surface area contributed by atoms with Gasteiger partial charge in [0.2, 0.25) is 0 Å². The van der Waals surface area contributed by atoms with Crippen LogP contribution < -0.4 is 0 Å². The zero-order valence-electron chi connectivity index (χ0n) is 7.81. The van der Waals surface area contributed by atoms with Gasteiger partial charge in [0.05, 0.1) is 0 Å². The standard InChI is InChI=1S/C4H10.2H3O4P/c1-3-4-2;2*1-5(2,3)4/h3-4H2,1-2H3;2*(H3,1,2,3,4). The Morgan fingerprint density at radius 2 is 0.786 bits per heavy atom. The summed E-state index contributed by atoms with van der Waals surface area (Å²) in [6.45, 7) is 4.36. The van der Waals surface area contributed by atoms with Crippen LogP contribution in [0.3, 0.4) is 0 Å². The van der Waals surface area contributed by atoms with Crippen molar-refractivity contribution < 1.29 is 38.5 Å². The van der Waals surface area contributed by atoms with E-state index in [1.54, 1.807) is 0 Å². The van der Waals surface area contributed by atoms with E-state index in [-0.39, 0.29) is 0 Å². The van der Waals surface area contributed by atoms with Crippen molar-refractivity contribution in [2.75, 3.05) is 0 Å². The van der Waals surface area contributed by atoms with E-state index in [9.17, 15) is 0 Å². The maximum absolute atomic E-state index is 8.88. The highest BCUT2D eigenvalue weighted by Crippen LogP contribution is 2.26. The van der Waals surface area contributed by atoms with Crippen molar-refractivity contribution in [3.63, 3.8) is 0 Å². The predicted molar refractivity (Wildman–Crippen MR) is 49.1 cm³/mol. The Morgan fingerprint density at radius 3 is 0.786 bits per heavy atom. The molecular weight excluding hydrogens is 238 g/mol. The van der Waals surface area contributed by atoms with Gasteiger partial charge in [0, 0.05) is 0 Å². The fraction of sp³-hybridized carbons (Fsp3) is 1.00. The van der Waals surface area contributed by atoms with E-state index in [0.29, 0.717) is 0 Å². The van der Waals surface area contributed by atoms with Crippen LogP contribution in [0.15, 0.2) is 0 Å². The summed E-state index contributed by atoms with van der Waals surface area (Å²) in [6, 6.07) is 0. The Bertz CT molecular complexity index is 153. The van der Waals surface area contributed by atoms with Gasteiger partial charge in [0.15, 0.2) is 0 Å². The Hall–Kier alpha value is 0.220. The maximum Gasteiger partial charge on any atom is 0.466 e. The molecule has 0 aliphatic rings. The monoisotopic (exact) mass is 254 g/mol. The number of hydrogen-bond donors (Lipinski definition) is 6. The smallest absolute Gasteiger partial charge is 0.303 e. The second-order valence-corrected chi connectivity index (χ2v) is 4.08. The number of phosphoric acid groups is 2. The van der Waals surface area contributed by atoms with Gasteiger partial charge >= 0.3 is 15.6 Å². The summed E-state index contributed by atoms with van der Waals surface area (Å²) >= 11 is 0. The van der Waals surface area contributed by atoms with Crippen molar-refractivity contribution in [3.05, 3.63) is 0 Å². The van der Waals surface area contributed by atoms with Gasteiger partial charge in [0.25, 0.3) is 0 Å². The normalized spacial score (nSPS) is 10.6. The van der Waals surface area contributed by atoms with Gasteiger partial charge in [-0.1, -0.05) is 26.7 Å². The van der Waals surface area contributed by atoms with Crippen LogP contribution in [0.25, 0.3) is 0 Å². The molecule has 0 aromatic rings. The molecule has 0 amide bonds. The quantitative estimate of drug-likeness (QED) is 0.355. The largest absolute Gasteiger partial charge is 0.466 e. The fourth-order valence-electron chi connectivity index (χ4n) is 0. The average molecular weight is 254 g/mol. The summed E-state index contributed by atoms with van der Waals surface area (Å²) in [5.74, 6) is 0. The van der Waals surface area contributed by atoms with Gasteiger partial charge in [-0.25, -0.2) is 9.13 Å². The van der Waals surface area contributed by atoms with Gasteiger partial charge in [0.1, 0.15) is 0 Å². The highest BCUT2D eigenvalue weighted by atomic mass is 31.2. The van der Waals surface area contributed by atoms with Crippen LogP contribution in [0.4, 0.5) is 0 Å². The Labute approximate surface area is 81.7 Å². The third-order valence-electron chi connectivity index (χ3n) is 0.500. The molecule has 0 radical (unpaired) electrons. The summed E-state index contributed by atoms with van der Waals surface area (Å²) in [5.41, 5.74) is 0. The molecule has 0 rings (SSSR count).